The Morgan fingerprint density at radius 1 is 1.44 bits per heavy atom. The first-order chi connectivity index (χ1) is 4.47. The minimum Gasteiger partial charge on any atom is -0.387 e. The van der Waals surface area contributed by atoms with Crippen molar-refractivity contribution >= 4 is 0 Å². The van der Waals surface area contributed by atoms with Crippen LogP contribution in [-0.2, 0) is 0 Å². The quantitative estimate of drug-likeness (QED) is 0.405. The average Bonchev–Trinajstić information content (AvgIpc) is 2.33. The zero-order valence-electron chi connectivity index (χ0n) is 5.07. The third-order valence-electron chi connectivity index (χ3n) is 1.55. The van der Waals surface area contributed by atoms with E-state index in [-0.39, 0.29) is 0 Å². The minimum absolute atomic E-state index is 0.929. The zero-order valence-corrected chi connectivity index (χ0v) is 5.07. The molecule has 9 heavy (non-hydrogen) atoms. The summed E-state index contributed by atoms with van der Waals surface area (Å²) in [4.78, 5) is 0. The van der Waals surface area contributed by atoms with E-state index in [1.54, 1.807) is 0 Å². The SMILES string of the molecule is C1=C2CNNC2=CCN1. The normalized spacial score (nSPS) is 23.1. The standard InChI is InChI=1S/C6H9N3/c1-2-7-3-5-4-8-9-6(1)5/h1,3,7-9H,2,4H2. The summed E-state index contributed by atoms with van der Waals surface area (Å²) in [5.41, 5.74) is 8.65. The van der Waals surface area contributed by atoms with E-state index in [2.05, 4.69) is 22.2 Å². The summed E-state index contributed by atoms with van der Waals surface area (Å²) in [7, 11) is 0. The number of nitrogens with one attached hydrogen (secondary N) is 3. The van der Waals surface area contributed by atoms with E-state index in [0.29, 0.717) is 0 Å². The van der Waals surface area contributed by atoms with Gasteiger partial charge in [-0.1, -0.05) is 0 Å². The van der Waals surface area contributed by atoms with Gasteiger partial charge in [-0.15, -0.1) is 0 Å². The third kappa shape index (κ3) is 0.695. The summed E-state index contributed by atoms with van der Waals surface area (Å²) in [5.74, 6) is 0. The fourth-order valence-corrected chi connectivity index (χ4v) is 1.06. The fraction of sp³-hybridized carbons (Fsp3) is 0.333. The molecule has 3 N–H and O–H groups in total. The van der Waals surface area contributed by atoms with Gasteiger partial charge in [0.25, 0.3) is 0 Å². The van der Waals surface area contributed by atoms with Crippen molar-refractivity contribution in [2.45, 2.75) is 0 Å². The molecular formula is C6H9N3. The van der Waals surface area contributed by atoms with Gasteiger partial charge in [-0.3, -0.25) is 0 Å². The van der Waals surface area contributed by atoms with Crippen LogP contribution in [0.5, 0.6) is 0 Å². The van der Waals surface area contributed by atoms with E-state index >= 15 is 0 Å². The Bertz CT molecular complexity index is 161. The lowest BCUT2D eigenvalue weighted by Crippen LogP contribution is -2.21. The first-order valence-corrected chi connectivity index (χ1v) is 3.08. The molecule has 1 fully saturated rings. The summed E-state index contributed by atoms with van der Waals surface area (Å²) in [6.45, 7) is 1.87. The highest BCUT2D eigenvalue weighted by molar-refractivity contribution is 5.35. The van der Waals surface area contributed by atoms with E-state index in [4.69, 9.17) is 0 Å². The van der Waals surface area contributed by atoms with Crippen molar-refractivity contribution < 1.29 is 0 Å². The lowest BCUT2D eigenvalue weighted by molar-refractivity contribution is 0.725. The first-order valence-electron chi connectivity index (χ1n) is 3.08. The van der Waals surface area contributed by atoms with Gasteiger partial charge >= 0.3 is 0 Å². The van der Waals surface area contributed by atoms with Gasteiger partial charge in [-0.2, -0.15) is 0 Å². The van der Waals surface area contributed by atoms with Crippen LogP contribution in [0.25, 0.3) is 0 Å². The number of fused-ring (bicyclic) bond motifs is 1. The van der Waals surface area contributed by atoms with Gasteiger partial charge in [0.2, 0.25) is 0 Å². The average molecular weight is 123 g/mol. The van der Waals surface area contributed by atoms with Gasteiger partial charge in [0.15, 0.2) is 0 Å². The molecule has 1 saturated heterocycles. The van der Waals surface area contributed by atoms with Crippen molar-refractivity contribution in [3.63, 3.8) is 0 Å². The molecule has 0 saturated carbocycles. The second kappa shape index (κ2) is 1.77. The number of hydrazine groups is 1. The van der Waals surface area contributed by atoms with E-state index in [1.165, 1.54) is 11.3 Å². The topological polar surface area (TPSA) is 36.1 Å². The number of rotatable bonds is 0. The Hall–Kier alpha value is -0.960. The molecule has 2 heterocycles. The van der Waals surface area contributed by atoms with Gasteiger partial charge in [0.05, 0.1) is 5.70 Å². The van der Waals surface area contributed by atoms with Gasteiger partial charge in [-0.25, -0.2) is 5.43 Å². The molecule has 0 bridgehead atoms. The van der Waals surface area contributed by atoms with Crippen LogP contribution >= 0.6 is 0 Å². The molecular weight excluding hydrogens is 114 g/mol. The van der Waals surface area contributed by atoms with Gasteiger partial charge < -0.3 is 10.7 Å². The molecule has 0 atom stereocenters. The van der Waals surface area contributed by atoms with Crippen LogP contribution in [-0.4, -0.2) is 13.1 Å². The largest absolute Gasteiger partial charge is 0.387 e. The summed E-state index contributed by atoms with van der Waals surface area (Å²) in [6.07, 6.45) is 4.18. The van der Waals surface area contributed by atoms with Crippen LogP contribution in [0.15, 0.2) is 23.5 Å². The monoisotopic (exact) mass is 123 g/mol. The molecule has 2 aliphatic rings. The Morgan fingerprint density at radius 2 is 2.44 bits per heavy atom. The number of hydrogen-bond acceptors (Lipinski definition) is 3. The second-order valence-corrected chi connectivity index (χ2v) is 2.17. The zero-order chi connectivity index (χ0) is 6.10. The molecule has 48 valence electrons. The molecule has 3 nitrogen and oxygen atoms in total. The van der Waals surface area contributed by atoms with Crippen LogP contribution in [0.4, 0.5) is 0 Å². The van der Waals surface area contributed by atoms with Crippen LogP contribution in [0, 0.1) is 0 Å². The smallest absolute Gasteiger partial charge is 0.0525 e. The highest BCUT2D eigenvalue weighted by Crippen LogP contribution is 2.10. The maximum Gasteiger partial charge on any atom is 0.0525 e. The van der Waals surface area contributed by atoms with Crippen molar-refractivity contribution in [1.29, 1.82) is 0 Å². The van der Waals surface area contributed by atoms with E-state index in [1.807, 2.05) is 6.20 Å². The maximum absolute atomic E-state index is 3.14. The van der Waals surface area contributed by atoms with Crippen molar-refractivity contribution in [3.8, 4) is 0 Å². The molecule has 0 aromatic heterocycles. The molecule has 2 rings (SSSR count). The predicted octanol–water partition coefficient (Wildman–Crippen LogP) is -0.535. The molecule has 0 amide bonds. The third-order valence-corrected chi connectivity index (χ3v) is 1.55. The molecule has 0 aromatic rings. The van der Waals surface area contributed by atoms with Crippen LogP contribution in [0.2, 0.25) is 0 Å². The molecule has 2 aliphatic heterocycles. The van der Waals surface area contributed by atoms with Crippen molar-refractivity contribution in [1.82, 2.24) is 16.2 Å². The molecule has 0 spiro atoms. The Kier molecular flexibility index (Phi) is 0.960. The maximum atomic E-state index is 3.14. The van der Waals surface area contributed by atoms with E-state index in [9.17, 15) is 0 Å². The van der Waals surface area contributed by atoms with Crippen LogP contribution < -0.4 is 16.2 Å². The van der Waals surface area contributed by atoms with Gasteiger partial charge in [-0.05, 0) is 6.08 Å². The molecule has 0 radical (unpaired) electrons. The molecule has 0 aliphatic carbocycles. The summed E-state index contributed by atoms with van der Waals surface area (Å²) < 4.78 is 0. The Labute approximate surface area is 53.8 Å². The summed E-state index contributed by atoms with van der Waals surface area (Å²) >= 11 is 0. The summed E-state index contributed by atoms with van der Waals surface area (Å²) in [5, 5.41) is 3.14. The highest BCUT2D eigenvalue weighted by Gasteiger charge is 2.12. The predicted molar refractivity (Wildman–Crippen MR) is 35.3 cm³/mol. The van der Waals surface area contributed by atoms with E-state index in [0.717, 1.165) is 13.1 Å². The van der Waals surface area contributed by atoms with Crippen LogP contribution in [0.1, 0.15) is 0 Å². The first kappa shape index (κ1) is 4.88. The lowest BCUT2D eigenvalue weighted by Gasteiger charge is -2.06. The fourth-order valence-electron chi connectivity index (χ4n) is 1.06. The summed E-state index contributed by atoms with van der Waals surface area (Å²) in [6, 6.07) is 0. The second-order valence-electron chi connectivity index (χ2n) is 2.17. The van der Waals surface area contributed by atoms with Crippen LogP contribution in [0.3, 0.4) is 0 Å². The minimum atomic E-state index is 0.929. The number of hydrogen-bond donors (Lipinski definition) is 3. The molecule has 3 heteroatoms. The Balaban J connectivity index is 2.30. The van der Waals surface area contributed by atoms with Crippen molar-refractivity contribution in [3.05, 3.63) is 23.5 Å². The highest BCUT2D eigenvalue weighted by atomic mass is 15.4. The molecule has 0 aromatic carbocycles. The van der Waals surface area contributed by atoms with Gasteiger partial charge in [0.1, 0.15) is 0 Å². The van der Waals surface area contributed by atoms with E-state index < -0.39 is 0 Å². The lowest BCUT2D eigenvalue weighted by atomic mass is 10.2. The van der Waals surface area contributed by atoms with Gasteiger partial charge in [0, 0.05) is 24.9 Å². The van der Waals surface area contributed by atoms with Crippen molar-refractivity contribution in [2.24, 2.45) is 0 Å². The number of dihydropyridines is 1. The Morgan fingerprint density at radius 3 is 3.33 bits per heavy atom. The van der Waals surface area contributed by atoms with Crippen molar-refractivity contribution in [2.75, 3.05) is 13.1 Å². The molecule has 0 unspecified atom stereocenters.